The number of carbonyl (C=O) groups excluding carboxylic acids is 1. The summed E-state index contributed by atoms with van der Waals surface area (Å²) in [6.07, 6.45) is 3.01. The van der Waals surface area contributed by atoms with E-state index in [9.17, 15) is 24.6 Å². The van der Waals surface area contributed by atoms with Crippen LogP contribution in [0.4, 0.5) is 11.4 Å². The van der Waals surface area contributed by atoms with Gasteiger partial charge in [0.1, 0.15) is 28.9 Å². The molecule has 0 radical (unpaired) electrons. The molecule has 0 bridgehead atoms. The van der Waals surface area contributed by atoms with Gasteiger partial charge >= 0.3 is 11.9 Å². The van der Waals surface area contributed by atoms with Gasteiger partial charge in [-0.15, -0.1) is 0 Å². The molecule has 0 saturated carbocycles. The molecule has 0 amide bonds. The van der Waals surface area contributed by atoms with Crippen LogP contribution < -0.4 is 33.2 Å². The molecule has 3 aromatic rings. The van der Waals surface area contributed by atoms with Crippen LogP contribution in [0.25, 0.3) is 11.4 Å². The summed E-state index contributed by atoms with van der Waals surface area (Å²) >= 11 is 0. The van der Waals surface area contributed by atoms with Gasteiger partial charge in [0.05, 0.1) is 34.2 Å². The molecule has 0 aliphatic rings. The van der Waals surface area contributed by atoms with E-state index in [0.717, 1.165) is 22.2 Å². The van der Waals surface area contributed by atoms with Gasteiger partial charge in [0, 0.05) is 30.1 Å². The highest BCUT2D eigenvalue weighted by atomic mass is 16.4. The Hall–Kier alpha value is -5.60. The quantitative estimate of drug-likeness (QED) is 0.111. The van der Waals surface area contributed by atoms with Gasteiger partial charge < -0.3 is 31.9 Å². The third-order valence-electron chi connectivity index (χ3n) is 5.15. The lowest BCUT2D eigenvalue weighted by atomic mass is 10.1. The third-order valence-corrected chi connectivity index (χ3v) is 5.15. The predicted molar refractivity (Wildman–Crippen MR) is 137 cm³/mol. The van der Waals surface area contributed by atoms with Crippen molar-refractivity contribution >= 4 is 41.0 Å². The van der Waals surface area contributed by atoms with Crippen LogP contribution in [0.1, 0.15) is 42.5 Å². The second-order valence-electron chi connectivity index (χ2n) is 7.79. The Morgan fingerprint density at radius 2 is 1.13 bits per heavy atom. The summed E-state index contributed by atoms with van der Waals surface area (Å²) in [4.78, 5) is 38.0. The monoisotopic (exact) mass is 521 g/mol. The predicted octanol–water partition coefficient (Wildman–Crippen LogP) is 0.976. The molecule has 0 spiro atoms. The Bertz CT molecular complexity index is 1380. The number of hydrogen-bond acceptors (Lipinski definition) is 12. The number of anilines is 2. The van der Waals surface area contributed by atoms with Gasteiger partial charge in [0.2, 0.25) is 0 Å². The lowest BCUT2D eigenvalue weighted by Crippen LogP contribution is -2.26. The maximum atomic E-state index is 11.5. The van der Waals surface area contributed by atoms with Crippen LogP contribution >= 0.6 is 0 Å². The van der Waals surface area contributed by atoms with Gasteiger partial charge in [-0.2, -0.15) is 0 Å². The number of nitrogens with zero attached hydrogens (tertiary/aromatic N) is 3. The van der Waals surface area contributed by atoms with Gasteiger partial charge in [-0.1, -0.05) is 0 Å². The minimum atomic E-state index is -1.31. The van der Waals surface area contributed by atoms with Crippen molar-refractivity contribution < 1.29 is 34.8 Å². The van der Waals surface area contributed by atoms with Crippen molar-refractivity contribution in [2.45, 2.75) is 0 Å². The molecule has 14 heteroatoms. The van der Waals surface area contributed by atoms with Crippen molar-refractivity contribution in [3.8, 4) is 11.5 Å². The smallest absolute Gasteiger partial charge is 0.339 e. The summed E-state index contributed by atoms with van der Waals surface area (Å²) in [5, 5.41) is 39.9. The van der Waals surface area contributed by atoms with Crippen molar-refractivity contribution in [3.63, 3.8) is 0 Å². The van der Waals surface area contributed by atoms with Crippen LogP contribution in [0.3, 0.4) is 0 Å². The lowest BCUT2D eigenvalue weighted by molar-refractivity contribution is 0.0682. The fraction of sp³-hybridized carbons (Fsp3) is 0. The van der Waals surface area contributed by atoms with Crippen molar-refractivity contribution in [1.29, 1.82) is 0 Å². The largest absolute Gasteiger partial charge is 0.507 e. The van der Waals surface area contributed by atoms with Gasteiger partial charge in [0.25, 0.3) is 0 Å². The summed E-state index contributed by atoms with van der Waals surface area (Å²) in [5.74, 6) is 8.31. The maximum Gasteiger partial charge on any atom is 0.339 e. The van der Waals surface area contributed by atoms with Crippen LogP contribution in [-0.4, -0.2) is 43.6 Å². The second-order valence-corrected chi connectivity index (χ2v) is 7.79. The van der Waals surface area contributed by atoms with Crippen molar-refractivity contribution in [1.82, 2.24) is 4.98 Å². The second kappa shape index (κ2) is 11.0. The highest BCUT2D eigenvalue weighted by molar-refractivity contribution is 5.92. The molecule has 38 heavy (non-hydrogen) atoms. The number of aromatic nitrogens is 1. The zero-order valence-corrected chi connectivity index (χ0v) is 19.5. The Morgan fingerprint density at radius 3 is 1.45 bits per heavy atom. The third kappa shape index (κ3) is 5.96. The summed E-state index contributed by atoms with van der Waals surface area (Å²) < 4.78 is 0. The number of carboxylic acid groups (broad SMARTS) is 2. The minimum Gasteiger partial charge on any atom is -0.507 e. The van der Waals surface area contributed by atoms with Crippen molar-refractivity contribution in [2.24, 2.45) is 23.2 Å². The van der Waals surface area contributed by atoms with Gasteiger partial charge in [0.15, 0.2) is 0 Å². The first-order valence-corrected chi connectivity index (χ1v) is 10.5. The van der Waals surface area contributed by atoms with Crippen LogP contribution in [0, 0.1) is 0 Å². The fourth-order valence-electron chi connectivity index (χ4n) is 3.22. The first-order chi connectivity index (χ1) is 17.9. The summed E-state index contributed by atoms with van der Waals surface area (Å²) in [6, 6.07) is 10.0. The normalized spacial score (nSPS) is 11.6. The summed E-state index contributed by atoms with van der Waals surface area (Å²) in [5.41, 5.74) is 12.4. The average Bonchev–Trinajstić information content (AvgIpc) is 2.87. The zero-order chi connectivity index (χ0) is 28.1. The molecule has 196 valence electrons. The van der Waals surface area contributed by atoms with Crippen LogP contribution in [0.15, 0.2) is 60.9 Å². The number of hydrazine groups is 2. The number of aromatic hydroxyl groups is 2. The number of aldehydes is 1. The summed E-state index contributed by atoms with van der Waals surface area (Å²) in [7, 11) is 0. The van der Waals surface area contributed by atoms with E-state index in [0.29, 0.717) is 6.29 Å². The molecule has 12 N–H and O–H groups in total. The first-order valence-electron chi connectivity index (χ1n) is 10.5. The Labute approximate surface area is 214 Å². The SMILES string of the molecule is N/C(=C\N(N)c1ccc(C(=O)O)c(O)c1)c1cc(C=O)cc(/C(N)=C/N(N)c2ccc(C(=O)O)c(O)c2)n1. The Kier molecular flexibility index (Phi) is 7.80. The number of pyridine rings is 1. The van der Waals surface area contributed by atoms with E-state index in [1.54, 1.807) is 0 Å². The minimum absolute atomic E-state index is 0.00848. The van der Waals surface area contributed by atoms with Gasteiger partial charge in [-0.3, -0.25) is 14.8 Å². The molecule has 1 aromatic heterocycles. The molecule has 0 saturated heterocycles. The van der Waals surface area contributed by atoms with Gasteiger partial charge in [-0.25, -0.2) is 26.3 Å². The number of carbonyl (C=O) groups is 3. The highest BCUT2D eigenvalue weighted by Crippen LogP contribution is 2.26. The molecule has 2 aromatic carbocycles. The average molecular weight is 521 g/mol. The van der Waals surface area contributed by atoms with E-state index in [1.807, 2.05) is 0 Å². The summed E-state index contributed by atoms with van der Waals surface area (Å²) in [6.45, 7) is 0. The number of hydrogen-bond donors (Lipinski definition) is 8. The fourth-order valence-corrected chi connectivity index (χ4v) is 3.22. The van der Waals surface area contributed by atoms with E-state index in [1.165, 1.54) is 48.8 Å². The highest BCUT2D eigenvalue weighted by Gasteiger charge is 2.14. The molecule has 0 atom stereocenters. The number of phenols is 2. The number of nitrogens with two attached hydrogens (primary N) is 4. The molecule has 14 nitrogen and oxygen atoms in total. The Morgan fingerprint density at radius 1 is 0.737 bits per heavy atom. The standard InChI is InChI=1S/C24H23N7O7/c25-17(9-30(27)13-1-3-15(23(35)36)21(33)7-13)19-5-12(11-32)6-20(29-19)18(26)10-31(28)14-2-4-16(24(37)38)22(34)8-14/h1-11,33-34H,25-28H2,(H,35,36)(H,37,38)/b17-9-,18-10-. The van der Waals surface area contributed by atoms with E-state index in [-0.39, 0.29) is 50.8 Å². The van der Waals surface area contributed by atoms with Crippen LogP contribution in [-0.2, 0) is 0 Å². The van der Waals surface area contributed by atoms with E-state index in [4.69, 9.17) is 33.4 Å². The molecule has 0 fully saturated rings. The van der Waals surface area contributed by atoms with Crippen LogP contribution in [0.5, 0.6) is 11.5 Å². The zero-order valence-electron chi connectivity index (χ0n) is 19.5. The molecule has 0 aliphatic carbocycles. The molecule has 3 rings (SSSR count). The van der Waals surface area contributed by atoms with Gasteiger partial charge in [-0.05, 0) is 36.4 Å². The number of rotatable bonds is 9. The Balaban J connectivity index is 1.92. The lowest BCUT2D eigenvalue weighted by Gasteiger charge is -2.17. The van der Waals surface area contributed by atoms with Crippen LogP contribution in [0.2, 0.25) is 0 Å². The molecular formula is C24H23N7O7. The molecule has 1 heterocycles. The number of benzene rings is 2. The first kappa shape index (κ1) is 27.0. The van der Waals surface area contributed by atoms with E-state index < -0.39 is 23.4 Å². The maximum absolute atomic E-state index is 11.5. The molecule has 0 aliphatic heterocycles. The number of carboxylic acids is 2. The van der Waals surface area contributed by atoms with E-state index >= 15 is 0 Å². The topological polar surface area (TPSA) is 256 Å². The van der Waals surface area contributed by atoms with E-state index in [2.05, 4.69) is 4.98 Å². The molecular weight excluding hydrogens is 498 g/mol. The number of aromatic carboxylic acids is 2. The van der Waals surface area contributed by atoms with Crippen molar-refractivity contribution in [2.75, 3.05) is 10.0 Å². The van der Waals surface area contributed by atoms with Crippen molar-refractivity contribution in [3.05, 3.63) is 89.0 Å². The molecule has 0 unspecified atom stereocenters.